The van der Waals surface area contributed by atoms with Crippen LogP contribution < -0.4 is 0 Å². The number of aliphatic hydroxyl groups excluding tert-OH is 8. The number of phosphoric acid groups is 1. The van der Waals surface area contributed by atoms with Crippen molar-refractivity contribution < 1.29 is 87.9 Å². The van der Waals surface area contributed by atoms with E-state index >= 15 is 0 Å². The summed E-state index contributed by atoms with van der Waals surface area (Å²) >= 11 is 0. The molecule has 0 aromatic carbocycles. The summed E-state index contributed by atoms with van der Waals surface area (Å²) in [5, 5.41) is 83.0. The second-order valence-electron chi connectivity index (χ2n) is 18.7. The zero-order valence-electron chi connectivity index (χ0n) is 41.6. The van der Waals surface area contributed by atoms with Crippen LogP contribution in [0.2, 0.25) is 0 Å². The molecule has 19 heteroatoms. The lowest BCUT2D eigenvalue weighted by molar-refractivity contribution is -0.338. The quantitative estimate of drug-likeness (QED) is 0.0141. The monoisotopic (exact) mass is 1010 g/mol. The predicted octanol–water partition coefficient (Wildman–Crippen LogP) is 6.27. The van der Waals surface area contributed by atoms with Crippen LogP contribution in [-0.4, -0.2) is 151 Å². The average Bonchev–Trinajstić information content (AvgIpc) is 3.33. The van der Waals surface area contributed by atoms with Crippen molar-refractivity contribution in [2.45, 2.75) is 261 Å². The Balaban J connectivity index is 1.94. The lowest BCUT2D eigenvalue weighted by Crippen LogP contribution is -2.67. The van der Waals surface area contributed by atoms with Gasteiger partial charge >= 0.3 is 19.8 Å². The first-order valence-corrected chi connectivity index (χ1v) is 27.7. The van der Waals surface area contributed by atoms with Crippen molar-refractivity contribution in [3.63, 3.8) is 0 Å². The molecule has 18 nitrogen and oxygen atoms in total. The van der Waals surface area contributed by atoms with E-state index in [9.17, 15) is 59.9 Å². The lowest BCUT2D eigenvalue weighted by atomic mass is 9.84. The number of hydrogen-bond acceptors (Lipinski definition) is 17. The fourth-order valence-corrected chi connectivity index (χ4v) is 9.25. The molecule has 1 saturated carbocycles. The predicted molar refractivity (Wildman–Crippen MR) is 258 cm³/mol. The molecule has 0 aromatic rings. The average molecular weight is 1010 g/mol. The first-order chi connectivity index (χ1) is 33.2. The van der Waals surface area contributed by atoms with Crippen LogP contribution in [0.3, 0.4) is 0 Å². The van der Waals surface area contributed by atoms with Gasteiger partial charge in [0.05, 0.1) is 13.2 Å². The number of aliphatic hydroxyl groups is 8. The highest BCUT2D eigenvalue weighted by atomic mass is 31.2. The van der Waals surface area contributed by atoms with Crippen LogP contribution in [0.1, 0.15) is 187 Å². The van der Waals surface area contributed by atoms with Gasteiger partial charge in [0.1, 0.15) is 67.6 Å². The van der Waals surface area contributed by atoms with Crippen molar-refractivity contribution in [3.05, 3.63) is 24.3 Å². The van der Waals surface area contributed by atoms with Gasteiger partial charge in [0, 0.05) is 12.8 Å². The van der Waals surface area contributed by atoms with Gasteiger partial charge in [0.2, 0.25) is 0 Å². The Morgan fingerprint density at radius 1 is 0.536 bits per heavy atom. The van der Waals surface area contributed by atoms with Gasteiger partial charge in [-0.05, 0) is 64.2 Å². The van der Waals surface area contributed by atoms with Gasteiger partial charge in [-0.1, -0.05) is 134 Å². The summed E-state index contributed by atoms with van der Waals surface area (Å²) < 4.78 is 45.5. The summed E-state index contributed by atoms with van der Waals surface area (Å²) in [6.07, 6.45) is 12.6. The molecule has 404 valence electrons. The molecule has 0 amide bonds. The van der Waals surface area contributed by atoms with E-state index < -0.39 is 113 Å². The van der Waals surface area contributed by atoms with E-state index in [0.29, 0.717) is 12.8 Å². The van der Waals surface area contributed by atoms with E-state index in [1.54, 1.807) is 0 Å². The molecular weight excluding hydrogens is 920 g/mol. The van der Waals surface area contributed by atoms with Gasteiger partial charge in [-0.15, -0.1) is 0 Å². The third-order valence-electron chi connectivity index (χ3n) is 12.6. The molecule has 13 unspecified atom stereocenters. The Labute approximate surface area is 411 Å². The molecule has 0 bridgehead atoms. The molecule has 69 heavy (non-hydrogen) atoms. The zero-order valence-corrected chi connectivity index (χ0v) is 42.5. The topological polar surface area (TPSA) is 289 Å². The highest BCUT2D eigenvalue weighted by Gasteiger charge is 2.55. The maximum atomic E-state index is 13.4. The second-order valence-corrected chi connectivity index (χ2v) is 20.1. The van der Waals surface area contributed by atoms with E-state index in [0.717, 1.165) is 77.0 Å². The number of hydrogen-bond donors (Lipinski definition) is 9. The molecule has 2 rings (SSSR count). The molecule has 2 aliphatic rings. The molecule has 0 radical (unpaired) electrons. The fourth-order valence-electron chi connectivity index (χ4n) is 8.28. The van der Waals surface area contributed by atoms with Crippen molar-refractivity contribution in [2.75, 3.05) is 19.8 Å². The van der Waals surface area contributed by atoms with Crippen LogP contribution in [0.5, 0.6) is 0 Å². The number of rotatable bonds is 40. The number of carbonyl (C=O) groups is 2. The molecule has 1 saturated heterocycles. The minimum absolute atomic E-state index is 0.0254. The minimum Gasteiger partial charge on any atom is -0.462 e. The summed E-state index contributed by atoms with van der Waals surface area (Å²) in [6, 6.07) is 0. The Morgan fingerprint density at radius 2 is 0.957 bits per heavy atom. The highest BCUT2D eigenvalue weighted by Crippen LogP contribution is 2.48. The smallest absolute Gasteiger partial charge is 0.462 e. The van der Waals surface area contributed by atoms with Crippen LogP contribution >= 0.6 is 7.82 Å². The largest absolute Gasteiger partial charge is 0.472 e. The van der Waals surface area contributed by atoms with E-state index in [1.165, 1.54) is 70.6 Å². The number of carbonyl (C=O) groups excluding carboxylic acids is 2. The molecular formula is C50H91O18P. The van der Waals surface area contributed by atoms with Gasteiger partial charge in [-0.25, -0.2) is 4.57 Å². The lowest BCUT2D eigenvalue weighted by Gasteiger charge is -2.47. The molecule has 0 spiro atoms. The first-order valence-electron chi connectivity index (χ1n) is 26.2. The van der Waals surface area contributed by atoms with Crippen LogP contribution in [0.15, 0.2) is 24.3 Å². The maximum Gasteiger partial charge on any atom is 0.472 e. The molecule has 0 aromatic heterocycles. The number of allylic oxidation sites excluding steroid dienone is 4. The van der Waals surface area contributed by atoms with Crippen molar-refractivity contribution in [1.29, 1.82) is 0 Å². The number of unbranched alkanes of at least 4 members (excludes halogenated alkanes) is 21. The number of esters is 2. The number of ether oxygens (including phenoxy) is 4. The van der Waals surface area contributed by atoms with Crippen molar-refractivity contribution >= 4 is 19.8 Å². The number of phosphoric ester groups is 1. The molecule has 1 heterocycles. The van der Waals surface area contributed by atoms with Gasteiger partial charge in [0.25, 0.3) is 0 Å². The summed E-state index contributed by atoms with van der Waals surface area (Å²) in [7, 11) is -5.38. The second kappa shape index (κ2) is 37.8. The Morgan fingerprint density at radius 3 is 1.46 bits per heavy atom. The molecule has 13 atom stereocenters. The van der Waals surface area contributed by atoms with Crippen LogP contribution in [0, 0.1) is 0 Å². The molecule has 1 aliphatic carbocycles. The van der Waals surface area contributed by atoms with Gasteiger partial charge in [-0.2, -0.15) is 0 Å². The van der Waals surface area contributed by atoms with E-state index in [4.69, 9.17) is 28.0 Å². The standard InChI is InChI=1S/C50H91O18P/c1-3-5-7-9-11-13-15-17-19-21-23-25-27-29-31-33-40(53)65-37(35-63-39(52)32-30-28-26-24-22-20-18-16-14-12-10-8-6-4-2)36-64-69(61,62)68-49-46(59)44(57)43(56)45(58)48(49)67-50-47(60)42(55)41(54)38(34-51)66-50/h13,15,20,22,37-38,41-51,54-60H,3-12,14,16-19,21,23-36H2,1-2H3,(H,61,62)/b15-13-,22-20-. The van der Waals surface area contributed by atoms with Crippen molar-refractivity contribution in [1.82, 2.24) is 0 Å². The summed E-state index contributed by atoms with van der Waals surface area (Å²) in [6.45, 7) is 2.20. The van der Waals surface area contributed by atoms with Crippen LogP contribution in [0.25, 0.3) is 0 Å². The Kier molecular flexibility index (Phi) is 34.7. The van der Waals surface area contributed by atoms with Crippen molar-refractivity contribution in [3.8, 4) is 0 Å². The molecule has 1 aliphatic heterocycles. The third-order valence-corrected chi connectivity index (χ3v) is 13.6. The highest BCUT2D eigenvalue weighted by molar-refractivity contribution is 7.47. The zero-order chi connectivity index (χ0) is 50.9. The fraction of sp³-hybridized carbons (Fsp3) is 0.880. The van der Waals surface area contributed by atoms with E-state index in [2.05, 4.69) is 38.2 Å². The maximum absolute atomic E-state index is 13.4. The summed E-state index contributed by atoms with van der Waals surface area (Å²) in [5.41, 5.74) is 0. The van der Waals surface area contributed by atoms with E-state index in [1.807, 2.05) is 0 Å². The first kappa shape index (κ1) is 63.2. The third kappa shape index (κ3) is 26.6. The molecule has 9 N–H and O–H groups in total. The minimum atomic E-state index is -5.38. The van der Waals surface area contributed by atoms with E-state index in [-0.39, 0.29) is 12.8 Å². The SMILES string of the molecule is CCCCCC/C=C\CCCCCCCCCC(=O)OC(COC(=O)CCCCC/C=C\CCCCCCCCC)COP(=O)(O)OC1C(O)C(O)C(O)C(O)C1OC1OC(CO)C(O)C(O)C1O. The Bertz CT molecular complexity index is 1430. The molecule has 2 fully saturated rings. The van der Waals surface area contributed by atoms with Crippen molar-refractivity contribution in [2.24, 2.45) is 0 Å². The van der Waals surface area contributed by atoms with Gasteiger partial charge in [0.15, 0.2) is 12.4 Å². The van der Waals surface area contributed by atoms with Crippen LogP contribution in [-0.2, 0) is 42.1 Å². The van der Waals surface area contributed by atoms with Gasteiger partial charge < -0.3 is 64.7 Å². The summed E-state index contributed by atoms with van der Waals surface area (Å²) in [5.74, 6) is -1.24. The van der Waals surface area contributed by atoms with Gasteiger partial charge in [-0.3, -0.25) is 18.6 Å². The Hall–Kier alpha value is -1.87. The normalized spacial score (nSPS) is 27.7. The summed E-state index contributed by atoms with van der Waals surface area (Å²) in [4.78, 5) is 36.6. The van der Waals surface area contributed by atoms with Crippen LogP contribution in [0.4, 0.5) is 0 Å².